The molecule has 1 aliphatic rings. The molecule has 1 amide bonds. The van der Waals surface area contributed by atoms with Gasteiger partial charge in [-0.25, -0.2) is 0 Å². The first-order valence-electron chi connectivity index (χ1n) is 10.9. The SMILES string of the molecule is CCNC(=NCCNC(=O)c1ccco1)N1CCN(Cc2cc(OC)ccc2OC)CC1.I. The van der Waals surface area contributed by atoms with Gasteiger partial charge in [0.05, 0.1) is 27.0 Å². The Morgan fingerprint density at radius 1 is 1.12 bits per heavy atom. The Morgan fingerprint density at radius 2 is 1.91 bits per heavy atom. The molecule has 33 heavy (non-hydrogen) atoms. The molecule has 2 aromatic rings. The van der Waals surface area contributed by atoms with E-state index in [-0.39, 0.29) is 29.9 Å². The number of methoxy groups -OCH3 is 2. The van der Waals surface area contributed by atoms with Crippen LogP contribution < -0.4 is 20.1 Å². The molecule has 1 aromatic carbocycles. The van der Waals surface area contributed by atoms with Crippen LogP contribution in [0.25, 0.3) is 0 Å². The Balaban J connectivity index is 0.00000385. The zero-order chi connectivity index (χ0) is 22.8. The molecule has 0 bridgehead atoms. The fourth-order valence-electron chi connectivity index (χ4n) is 3.62. The number of nitrogens with one attached hydrogen (secondary N) is 2. The largest absolute Gasteiger partial charge is 0.497 e. The van der Waals surface area contributed by atoms with Crippen molar-refractivity contribution >= 4 is 35.8 Å². The fourth-order valence-corrected chi connectivity index (χ4v) is 3.62. The van der Waals surface area contributed by atoms with Crippen molar-refractivity contribution in [2.75, 3.05) is 60.0 Å². The molecule has 0 saturated carbocycles. The summed E-state index contributed by atoms with van der Waals surface area (Å²) in [5, 5.41) is 6.18. The van der Waals surface area contributed by atoms with E-state index >= 15 is 0 Å². The number of halogens is 1. The van der Waals surface area contributed by atoms with E-state index < -0.39 is 0 Å². The lowest BCUT2D eigenvalue weighted by Gasteiger charge is -2.36. The van der Waals surface area contributed by atoms with Crippen molar-refractivity contribution in [3.8, 4) is 11.5 Å². The average Bonchev–Trinajstić information content (AvgIpc) is 3.36. The van der Waals surface area contributed by atoms with E-state index in [0.717, 1.165) is 62.3 Å². The Bertz CT molecular complexity index is 883. The molecule has 9 nitrogen and oxygen atoms in total. The fraction of sp³-hybridized carbons (Fsp3) is 0.478. The molecule has 1 saturated heterocycles. The average molecular weight is 571 g/mol. The van der Waals surface area contributed by atoms with Gasteiger partial charge in [-0.1, -0.05) is 0 Å². The summed E-state index contributed by atoms with van der Waals surface area (Å²) in [5.41, 5.74) is 1.12. The van der Waals surface area contributed by atoms with Crippen molar-refractivity contribution in [3.05, 3.63) is 47.9 Å². The summed E-state index contributed by atoms with van der Waals surface area (Å²) in [6, 6.07) is 9.23. The summed E-state index contributed by atoms with van der Waals surface area (Å²) in [4.78, 5) is 21.3. The zero-order valence-electron chi connectivity index (χ0n) is 19.5. The number of piperazine rings is 1. The van der Waals surface area contributed by atoms with Gasteiger partial charge in [0, 0.05) is 51.4 Å². The molecule has 0 unspecified atom stereocenters. The van der Waals surface area contributed by atoms with Gasteiger partial charge in [-0.3, -0.25) is 14.7 Å². The number of rotatable bonds is 9. The van der Waals surface area contributed by atoms with Crippen LogP contribution in [0, 0.1) is 0 Å². The lowest BCUT2D eigenvalue weighted by molar-refractivity contribution is 0.0927. The molecule has 0 aliphatic carbocycles. The monoisotopic (exact) mass is 571 g/mol. The van der Waals surface area contributed by atoms with Gasteiger partial charge >= 0.3 is 0 Å². The van der Waals surface area contributed by atoms with Crippen LogP contribution in [0.5, 0.6) is 11.5 Å². The first kappa shape index (κ1) is 26.8. The van der Waals surface area contributed by atoms with Gasteiger partial charge in [0.15, 0.2) is 11.7 Å². The van der Waals surface area contributed by atoms with E-state index in [1.165, 1.54) is 6.26 Å². The van der Waals surface area contributed by atoms with E-state index in [1.807, 2.05) is 18.2 Å². The first-order valence-corrected chi connectivity index (χ1v) is 10.9. The minimum absolute atomic E-state index is 0. The number of furan rings is 1. The summed E-state index contributed by atoms with van der Waals surface area (Å²) >= 11 is 0. The number of carbonyl (C=O) groups is 1. The molecule has 0 radical (unpaired) electrons. The lowest BCUT2D eigenvalue weighted by atomic mass is 10.1. The number of aliphatic imine (C=N–C) groups is 1. The van der Waals surface area contributed by atoms with E-state index in [1.54, 1.807) is 26.4 Å². The highest BCUT2D eigenvalue weighted by molar-refractivity contribution is 14.0. The third kappa shape index (κ3) is 7.81. The molecular formula is C23H34IN5O4. The molecule has 2 heterocycles. The molecule has 10 heteroatoms. The van der Waals surface area contributed by atoms with Crippen LogP contribution in [0.2, 0.25) is 0 Å². The van der Waals surface area contributed by atoms with Crippen LogP contribution in [0.1, 0.15) is 23.0 Å². The molecule has 3 rings (SSSR count). The van der Waals surface area contributed by atoms with Crippen molar-refractivity contribution in [1.29, 1.82) is 0 Å². The zero-order valence-corrected chi connectivity index (χ0v) is 21.8. The summed E-state index contributed by atoms with van der Waals surface area (Å²) in [6.45, 7) is 8.17. The van der Waals surface area contributed by atoms with Crippen molar-refractivity contribution in [3.63, 3.8) is 0 Å². The lowest BCUT2D eigenvalue weighted by Crippen LogP contribution is -2.52. The molecule has 182 valence electrons. The Hall–Kier alpha value is -2.47. The maximum Gasteiger partial charge on any atom is 0.287 e. The predicted molar refractivity (Wildman–Crippen MR) is 139 cm³/mol. The standard InChI is InChI=1S/C23H33N5O4.HI/c1-4-24-23(26-10-9-25-22(29)21-6-5-15-32-21)28-13-11-27(12-14-28)17-18-16-19(30-2)7-8-20(18)31-3;/h5-8,15-16H,4,9-14,17H2,1-3H3,(H,24,26)(H,25,29);1H. The highest BCUT2D eigenvalue weighted by atomic mass is 127. The number of hydrogen-bond acceptors (Lipinski definition) is 6. The van der Waals surface area contributed by atoms with Gasteiger partial charge in [0.2, 0.25) is 0 Å². The van der Waals surface area contributed by atoms with Crippen molar-refractivity contribution in [2.45, 2.75) is 13.5 Å². The maximum atomic E-state index is 11.9. The van der Waals surface area contributed by atoms with E-state index in [0.29, 0.717) is 18.8 Å². The van der Waals surface area contributed by atoms with Gasteiger partial charge in [0.25, 0.3) is 5.91 Å². The second-order valence-corrected chi connectivity index (χ2v) is 7.41. The maximum absolute atomic E-state index is 11.9. The van der Waals surface area contributed by atoms with Crippen LogP contribution in [0.15, 0.2) is 46.0 Å². The summed E-state index contributed by atoms with van der Waals surface area (Å²) in [6.07, 6.45) is 1.49. The van der Waals surface area contributed by atoms with E-state index in [9.17, 15) is 4.79 Å². The van der Waals surface area contributed by atoms with E-state index in [2.05, 4.69) is 32.3 Å². The van der Waals surface area contributed by atoms with Crippen LogP contribution >= 0.6 is 24.0 Å². The number of carbonyl (C=O) groups excluding carboxylic acids is 1. The molecule has 0 atom stereocenters. The van der Waals surface area contributed by atoms with Crippen LogP contribution in [-0.4, -0.2) is 81.7 Å². The molecule has 2 N–H and O–H groups in total. The number of ether oxygens (including phenoxy) is 2. The molecule has 1 fully saturated rings. The number of amides is 1. The Labute approximate surface area is 212 Å². The van der Waals surface area contributed by atoms with Crippen LogP contribution in [0.3, 0.4) is 0 Å². The number of guanidine groups is 1. The third-order valence-corrected chi connectivity index (χ3v) is 5.29. The Morgan fingerprint density at radius 3 is 2.55 bits per heavy atom. The minimum atomic E-state index is -0.225. The summed E-state index contributed by atoms with van der Waals surface area (Å²) < 4.78 is 16.0. The highest BCUT2D eigenvalue weighted by Crippen LogP contribution is 2.25. The quantitative estimate of drug-likeness (QED) is 0.207. The molecule has 1 aromatic heterocycles. The van der Waals surface area contributed by atoms with Gasteiger partial charge in [-0.05, 0) is 37.3 Å². The first-order chi connectivity index (χ1) is 15.6. The molecule has 1 aliphatic heterocycles. The molecule has 0 spiro atoms. The third-order valence-electron chi connectivity index (χ3n) is 5.29. The van der Waals surface area contributed by atoms with Gasteiger partial charge in [-0.2, -0.15) is 0 Å². The van der Waals surface area contributed by atoms with E-state index in [4.69, 9.17) is 13.9 Å². The Kier molecular flexibility index (Phi) is 11.3. The predicted octanol–water partition coefficient (Wildman–Crippen LogP) is 2.43. The summed E-state index contributed by atoms with van der Waals surface area (Å²) in [7, 11) is 3.37. The van der Waals surface area contributed by atoms with Crippen molar-refractivity contribution in [1.82, 2.24) is 20.4 Å². The normalized spacial score (nSPS) is 14.4. The molecular weight excluding hydrogens is 537 g/mol. The van der Waals surface area contributed by atoms with Crippen molar-refractivity contribution in [2.24, 2.45) is 4.99 Å². The van der Waals surface area contributed by atoms with Crippen molar-refractivity contribution < 1.29 is 18.7 Å². The smallest absolute Gasteiger partial charge is 0.287 e. The van der Waals surface area contributed by atoms with Gasteiger partial charge < -0.3 is 29.4 Å². The topological polar surface area (TPSA) is 91.6 Å². The van der Waals surface area contributed by atoms with Crippen LogP contribution in [0.4, 0.5) is 0 Å². The second kappa shape index (κ2) is 13.9. The van der Waals surface area contributed by atoms with Gasteiger partial charge in [-0.15, -0.1) is 24.0 Å². The highest BCUT2D eigenvalue weighted by Gasteiger charge is 2.21. The van der Waals surface area contributed by atoms with Crippen LogP contribution in [-0.2, 0) is 6.54 Å². The second-order valence-electron chi connectivity index (χ2n) is 7.41. The number of benzene rings is 1. The number of hydrogen-bond donors (Lipinski definition) is 2. The number of nitrogens with zero attached hydrogens (tertiary/aromatic N) is 3. The minimum Gasteiger partial charge on any atom is -0.497 e. The summed E-state index contributed by atoms with van der Waals surface area (Å²) in [5.74, 6) is 2.67. The van der Waals surface area contributed by atoms with Gasteiger partial charge in [0.1, 0.15) is 11.5 Å².